The smallest absolute Gasteiger partial charge is 0.252 e. The van der Waals surface area contributed by atoms with Crippen LogP contribution in [0.5, 0.6) is 0 Å². The molecule has 1 N–H and O–H groups in total. The molecule has 2 rings (SSSR count). The van der Waals surface area contributed by atoms with E-state index in [0.717, 1.165) is 6.42 Å². The molecule has 1 aromatic carbocycles. The Morgan fingerprint density at radius 3 is 2.94 bits per heavy atom. The number of halogens is 2. The number of amides is 1. The molecule has 94 valence electrons. The molecule has 0 saturated carbocycles. The number of rotatable bonds is 4. The van der Waals surface area contributed by atoms with Gasteiger partial charge in [0.2, 0.25) is 0 Å². The average Bonchev–Trinajstić information content (AvgIpc) is 2.85. The lowest BCUT2D eigenvalue weighted by Gasteiger charge is -2.06. The molecule has 0 aliphatic rings. The SMILES string of the molecule is O=C(NCCc1cccs1)c1cc(F)ccc1Br. The van der Waals surface area contributed by atoms with Crippen molar-refractivity contribution in [2.45, 2.75) is 6.42 Å². The molecule has 0 aliphatic heterocycles. The fourth-order valence-electron chi connectivity index (χ4n) is 1.52. The van der Waals surface area contributed by atoms with Crippen molar-refractivity contribution >= 4 is 33.2 Å². The lowest BCUT2D eigenvalue weighted by molar-refractivity contribution is 0.0953. The van der Waals surface area contributed by atoms with Crippen molar-refractivity contribution in [3.63, 3.8) is 0 Å². The van der Waals surface area contributed by atoms with Crippen molar-refractivity contribution in [1.29, 1.82) is 0 Å². The van der Waals surface area contributed by atoms with Gasteiger partial charge in [-0.05, 0) is 52.0 Å². The Hall–Kier alpha value is -1.20. The number of hydrogen-bond acceptors (Lipinski definition) is 2. The van der Waals surface area contributed by atoms with Crippen molar-refractivity contribution in [2.75, 3.05) is 6.54 Å². The molecule has 0 saturated heterocycles. The summed E-state index contributed by atoms with van der Waals surface area (Å²) in [5.41, 5.74) is 0.321. The van der Waals surface area contributed by atoms with Crippen LogP contribution < -0.4 is 5.32 Å². The van der Waals surface area contributed by atoms with E-state index in [4.69, 9.17) is 0 Å². The number of nitrogens with one attached hydrogen (secondary N) is 1. The predicted molar refractivity (Wildman–Crippen MR) is 74.5 cm³/mol. The third-order valence-corrected chi connectivity index (χ3v) is 4.04. The summed E-state index contributed by atoms with van der Waals surface area (Å²) in [6, 6.07) is 8.07. The predicted octanol–water partition coefficient (Wildman–Crippen LogP) is 3.62. The maximum Gasteiger partial charge on any atom is 0.252 e. The van der Waals surface area contributed by atoms with Crippen LogP contribution >= 0.6 is 27.3 Å². The molecule has 2 nitrogen and oxygen atoms in total. The average molecular weight is 328 g/mol. The third-order valence-electron chi connectivity index (χ3n) is 2.41. The van der Waals surface area contributed by atoms with Crippen LogP contribution in [0.3, 0.4) is 0 Å². The quantitative estimate of drug-likeness (QED) is 0.912. The second-order valence-electron chi connectivity index (χ2n) is 3.71. The number of carbonyl (C=O) groups excluding carboxylic acids is 1. The Kier molecular flexibility index (Phi) is 4.49. The minimum absolute atomic E-state index is 0.266. The van der Waals surface area contributed by atoms with Gasteiger partial charge in [0.1, 0.15) is 5.82 Å². The van der Waals surface area contributed by atoms with Gasteiger partial charge in [-0.2, -0.15) is 0 Å². The summed E-state index contributed by atoms with van der Waals surface area (Å²) in [7, 11) is 0. The topological polar surface area (TPSA) is 29.1 Å². The molecular formula is C13H11BrFNOS. The van der Waals surface area contributed by atoms with E-state index in [1.54, 1.807) is 11.3 Å². The van der Waals surface area contributed by atoms with E-state index in [0.29, 0.717) is 16.6 Å². The summed E-state index contributed by atoms with van der Waals surface area (Å²) in [4.78, 5) is 13.1. The van der Waals surface area contributed by atoms with Crippen LogP contribution in [0, 0.1) is 5.82 Å². The van der Waals surface area contributed by atoms with Crippen molar-refractivity contribution in [2.24, 2.45) is 0 Å². The number of benzene rings is 1. The van der Waals surface area contributed by atoms with Gasteiger partial charge in [0.15, 0.2) is 0 Å². The Morgan fingerprint density at radius 1 is 1.39 bits per heavy atom. The molecule has 1 heterocycles. The molecule has 0 aliphatic carbocycles. The van der Waals surface area contributed by atoms with Crippen LogP contribution in [0.4, 0.5) is 4.39 Å². The second-order valence-corrected chi connectivity index (χ2v) is 5.60. The van der Waals surface area contributed by atoms with Crippen molar-refractivity contribution in [1.82, 2.24) is 5.32 Å². The summed E-state index contributed by atoms with van der Waals surface area (Å²) < 4.78 is 13.6. The molecule has 5 heteroatoms. The van der Waals surface area contributed by atoms with E-state index < -0.39 is 5.82 Å². The molecule has 0 atom stereocenters. The van der Waals surface area contributed by atoms with Crippen molar-refractivity contribution in [3.8, 4) is 0 Å². The summed E-state index contributed by atoms with van der Waals surface area (Å²) in [5.74, 6) is -0.681. The first-order chi connectivity index (χ1) is 8.66. The molecule has 0 radical (unpaired) electrons. The first kappa shape index (κ1) is 13.2. The maximum absolute atomic E-state index is 13.1. The molecule has 1 amide bonds. The van der Waals surface area contributed by atoms with E-state index in [1.807, 2.05) is 17.5 Å². The summed E-state index contributed by atoms with van der Waals surface area (Å²) in [5, 5.41) is 4.78. The van der Waals surface area contributed by atoms with Gasteiger partial charge >= 0.3 is 0 Å². The Balaban J connectivity index is 1.93. The normalized spacial score (nSPS) is 10.3. The first-order valence-corrected chi connectivity index (χ1v) is 7.10. The monoisotopic (exact) mass is 327 g/mol. The first-order valence-electron chi connectivity index (χ1n) is 5.42. The van der Waals surface area contributed by atoms with Crippen LogP contribution in [0.2, 0.25) is 0 Å². The number of hydrogen-bond donors (Lipinski definition) is 1. The standard InChI is InChI=1S/C13H11BrFNOS/c14-12-4-3-9(15)8-11(12)13(17)16-6-5-10-2-1-7-18-10/h1-4,7-8H,5-6H2,(H,16,17). The molecule has 2 aromatic rings. The molecule has 1 aromatic heterocycles. The summed E-state index contributed by atoms with van der Waals surface area (Å²) in [6.07, 6.45) is 0.788. The molecule has 0 unspecified atom stereocenters. The van der Waals surface area contributed by atoms with Crippen LogP contribution in [0.1, 0.15) is 15.2 Å². The largest absolute Gasteiger partial charge is 0.352 e. The Labute approximate surface area is 117 Å². The lowest BCUT2D eigenvalue weighted by Crippen LogP contribution is -2.25. The highest BCUT2D eigenvalue weighted by Gasteiger charge is 2.10. The maximum atomic E-state index is 13.1. The van der Waals surface area contributed by atoms with E-state index >= 15 is 0 Å². The van der Waals surface area contributed by atoms with Gasteiger partial charge in [-0.1, -0.05) is 6.07 Å². The van der Waals surface area contributed by atoms with Gasteiger partial charge in [0.25, 0.3) is 5.91 Å². The van der Waals surface area contributed by atoms with E-state index in [9.17, 15) is 9.18 Å². The van der Waals surface area contributed by atoms with Crippen LogP contribution in [0.15, 0.2) is 40.2 Å². The number of carbonyl (C=O) groups is 1. The van der Waals surface area contributed by atoms with E-state index in [-0.39, 0.29) is 5.91 Å². The van der Waals surface area contributed by atoms with Gasteiger partial charge in [-0.3, -0.25) is 4.79 Å². The highest BCUT2D eigenvalue weighted by Crippen LogP contribution is 2.17. The summed E-state index contributed by atoms with van der Waals surface area (Å²) in [6.45, 7) is 0.544. The van der Waals surface area contributed by atoms with Gasteiger partial charge in [0, 0.05) is 15.9 Å². The van der Waals surface area contributed by atoms with Crippen LogP contribution in [-0.2, 0) is 6.42 Å². The third kappa shape index (κ3) is 3.40. The van der Waals surface area contributed by atoms with E-state index in [2.05, 4.69) is 21.2 Å². The van der Waals surface area contributed by atoms with Gasteiger partial charge in [-0.15, -0.1) is 11.3 Å². The Morgan fingerprint density at radius 2 is 2.22 bits per heavy atom. The lowest BCUT2D eigenvalue weighted by atomic mass is 10.2. The van der Waals surface area contributed by atoms with Crippen molar-refractivity contribution < 1.29 is 9.18 Å². The van der Waals surface area contributed by atoms with Gasteiger partial charge in [-0.25, -0.2) is 4.39 Å². The van der Waals surface area contributed by atoms with Crippen LogP contribution in [-0.4, -0.2) is 12.5 Å². The molecular weight excluding hydrogens is 317 g/mol. The number of thiophene rings is 1. The zero-order valence-electron chi connectivity index (χ0n) is 9.45. The molecule has 0 fully saturated rings. The van der Waals surface area contributed by atoms with Gasteiger partial charge < -0.3 is 5.32 Å². The highest BCUT2D eigenvalue weighted by molar-refractivity contribution is 9.10. The van der Waals surface area contributed by atoms with Gasteiger partial charge in [0.05, 0.1) is 5.56 Å². The fourth-order valence-corrected chi connectivity index (χ4v) is 2.66. The minimum Gasteiger partial charge on any atom is -0.352 e. The van der Waals surface area contributed by atoms with Crippen molar-refractivity contribution in [3.05, 3.63) is 56.4 Å². The molecule has 18 heavy (non-hydrogen) atoms. The fraction of sp³-hybridized carbons (Fsp3) is 0.154. The molecule has 0 spiro atoms. The zero-order chi connectivity index (χ0) is 13.0. The second kappa shape index (κ2) is 6.11. The summed E-state index contributed by atoms with van der Waals surface area (Å²) >= 11 is 4.89. The van der Waals surface area contributed by atoms with E-state index in [1.165, 1.54) is 23.1 Å². The highest BCUT2D eigenvalue weighted by atomic mass is 79.9. The minimum atomic E-state index is -0.415. The zero-order valence-corrected chi connectivity index (χ0v) is 11.9. The van der Waals surface area contributed by atoms with Crippen LogP contribution in [0.25, 0.3) is 0 Å². The molecule has 0 bridgehead atoms. The Bertz CT molecular complexity index is 542.